The van der Waals surface area contributed by atoms with E-state index in [1.54, 1.807) is 6.08 Å². The molecule has 17 heavy (non-hydrogen) atoms. The molecule has 0 aromatic rings. The van der Waals surface area contributed by atoms with Crippen LogP contribution in [0.15, 0.2) is 29.3 Å². The maximum atomic E-state index is 11.1. The van der Waals surface area contributed by atoms with Crippen LogP contribution in [0.2, 0.25) is 19.6 Å². The van der Waals surface area contributed by atoms with Crippen LogP contribution in [0.25, 0.3) is 0 Å². The van der Waals surface area contributed by atoms with Gasteiger partial charge in [0.1, 0.15) is 0 Å². The van der Waals surface area contributed by atoms with E-state index in [1.165, 1.54) is 0 Å². The standard InChI is InChI=1S/C14H22O2Si/c1-17(2,3)11-6-4-5-10-16-14-9-7-8-13(15)12-14/h4,11-12H,5,7-10H2,1-3H3. The van der Waals surface area contributed by atoms with Crippen LogP contribution in [0, 0.1) is 0 Å². The van der Waals surface area contributed by atoms with Crippen LogP contribution >= 0.6 is 0 Å². The average Bonchev–Trinajstić information content (AvgIpc) is 2.22. The number of carbonyl (C=O) groups is 1. The minimum absolute atomic E-state index is 0.195. The van der Waals surface area contributed by atoms with Gasteiger partial charge < -0.3 is 4.74 Å². The number of ether oxygens (including phenoxy) is 1. The van der Waals surface area contributed by atoms with Crippen molar-refractivity contribution in [3.8, 4) is 0 Å². The zero-order valence-corrected chi connectivity index (χ0v) is 12.1. The number of allylic oxidation sites excluding steroid dienone is 2. The molecule has 0 aliphatic heterocycles. The molecule has 0 spiro atoms. The second kappa shape index (κ2) is 6.63. The monoisotopic (exact) mass is 250 g/mol. The van der Waals surface area contributed by atoms with E-state index in [-0.39, 0.29) is 5.78 Å². The first-order chi connectivity index (χ1) is 7.97. The Morgan fingerprint density at radius 1 is 1.41 bits per heavy atom. The maximum Gasteiger partial charge on any atom is 0.159 e. The lowest BCUT2D eigenvalue weighted by molar-refractivity contribution is -0.115. The third kappa shape index (κ3) is 6.98. The van der Waals surface area contributed by atoms with E-state index in [2.05, 4.69) is 31.1 Å². The summed E-state index contributed by atoms with van der Waals surface area (Å²) in [5, 5.41) is 0. The van der Waals surface area contributed by atoms with Crippen LogP contribution in [0.3, 0.4) is 0 Å². The topological polar surface area (TPSA) is 26.3 Å². The Bertz CT molecular complexity index is 355. The Balaban J connectivity index is 2.25. The summed E-state index contributed by atoms with van der Waals surface area (Å²) in [4.78, 5) is 11.1. The molecule has 0 atom stereocenters. The highest BCUT2D eigenvalue weighted by molar-refractivity contribution is 6.80. The summed E-state index contributed by atoms with van der Waals surface area (Å²) in [5.41, 5.74) is 5.41. The quantitative estimate of drug-likeness (QED) is 0.423. The molecule has 0 bridgehead atoms. The van der Waals surface area contributed by atoms with Gasteiger partial charge in [0, 0.05) is 25.3 Å². The van der Waals surface area contributed by atoms with Crippen LogP contribution in [-0.2, 0) is 9.53 Å². The van der Waals surface area contributed by atoms with Crippen LogP contribution in [0.5, 0.6) is 0 Å². The van der Waals surface area contributed by atoms with Gasteiger partial charge in [0.25, 0.3) is 0 Å². The highest BCUT2D eigenvalue weighted by atomic mass is 28.3. The normalized spacial score (nSPS) is 15.9. The zero-order chi connectivity index (χ0) is 12.7. The van der Waals surface area contributed by atoms with E-state index in [4.69, 9.17) is 4.74 Å². The Morgan fingerprint density at radius 3 is 2.82 bits per heavy atom. The molecular formula is C14H22O2Si. The van der Waals surface area contributed by atoms with E-state index >= 15 is 0 Å². The summed E-state index contributed by atoms with van der Waals surface area (Å²) in [5.74, 6) is 1.05. The average molecular weight is 250 g/mol. The number of hydrogen-bond acceptors (Lipinski definition) is 2. The molecular weight excluding hydrogens is 228 g/mol. The Hall–Kier alpha value is -1.05. The summed E-state index contributed by atoms with van der Waals surface area (Å²) in [6, 6.07) is 0. The first-order valence-corrected chi connectivity index (χ1v) is 9.83. The van der Waals surface area contributed by atoms with Gasteiger partial charge in [-0.25, -0.2) is 0 Å². The SMILES string of the molecule is C[Si](C)(C)C=C=CCCOC1=CC(=O)CCC1. The van der Waals surface area contributed by atoms with Crippen molar-refractivity contribution in [2.75, 3.05) is 6.61 Å². The zero-order valence-electron chi connectivity index (χ0n) is 11.1. The first-order valence-electron chi connectivity index (χ1n) is 6.26. The lowest BCUT2D eigenvalue weighted by Crippen LogP contribution is -2.14. The van der Waals surface area contributed by atoms with Gasteiger partial charge in [-0.2, -0.15) is 0 Å². The van der Waals surface area contributed by atoms with Crippen molar-refractivity contribution < 1.29 is 9.53 Å². The van der Waals surface area contributed by atoms with Crippen LogP contribution < -0.4 is 0 Å². The second-order valence-corrected chi connectivity index (χ2v) is 10.5. The predicted molar refractivity (Wildman–Crippen MR) is 73.5 cm³/mol. The molecule has 0 amide bonds. The molecule has 0 heterocycles. The lowest BCUT2D eigenvalue weighted by Gasteiger charge is -2.12. The third-order valence-corrected chi connectivity index (χ3v) is 3.38. The highest BCUT2D eigenvalue weighted by Gasteiger charge is 2.10. The number of ketones is 1. The third-order valence-electron chi connectivity index (χ3n) is 2.35. The Labute approximate surface area is 105 Å². The maximum absolute atomic E-state index is 11.1. The van der Waals surface area contributed by atoms with Gasteiger partial charge in [0.2, 0.25) is 0 Å². The van der Waals surface area contributed by atoms with E-state index in [0.29, 0.717) is 13.0 Å². The molecule has 0 radical (unpaired) electrons. The second-order valence-electron chi connectivity index (χ2n) is 5.45. The molecule has 94 valence electrons. The predicted octanol–water partition coefficient (Wildman–Crippen LogP) is 3.62. The van der Waals surface area contributed by atoms with Gasteiger partial charge >= 0.3 is 0 Å². The number of rotatable bonds is 5. The molecule has 0 aromatic heterocycles. The molecule has 0 saturated carbocycles. The number of hydrogen-bond donors (Lipinski definition) is 0. The molecule has 3 heteroatoms. The van der Waals surface area contributed by atoms with Gasteiger partial charge in [-0.15, -0.1) is 5.73 Å². The first kappa shape index (κ1) is 14.0. The van der Waals surface area contributed by atoms with Crippen molar-refractivity contribution in [3.63, 3.8) is 0 Å². The molecule has 0 fully saturated rings. The Kier molecular flexibility index (Phi) is 5.46. The summed E-state index contributed by atoms with van der Waals surface area (Å²) in [6.07, 6.45) is 7.02. The lowest BCUT2D eigenvalue weighted by atomic mass is 10.1. The molecule has 1 aliphatic rings. The molecule has 1 rings (SSSR count). The van der Waals surface area contributed by atoms with Crippen molar-refractivity contribution >= 4 is 13.9 Å². The minimum Gasteiger partial charge on any atom is -0.497 e. The minimum atomic E-state index is -1.12. The van der Waals surface area contributed by atoms with E-state index in [0.717, 1.165) is 25.0 Å². The van der Waals surface area contributed by atoms with E-state index in [1.807, 2.05) is 6.08 Å². The fourth-order valence-corrected chi connectivity index (χ4v) is 2.13. The molecule has 0 unspecified atom stereocenters. The molecule has 1 aliphatic carbocycles. The summed E-state index contributed by atoms with van der Waals surface area (Å²) >= 11 is 0. The van der Waals surface area contributed by atoms with Gasteiger partial charge in [0.15, 0.2) is 5.78 Å². The van der Waals surface area contributed by atoms with Crippen molar-refractivity contribution in [2.45, 2.75) is 45.3 Å². The smallest absolute Gasteiger partial charge is 0.159 e. The summed E-state index contributed by atoms with van der Waals surface area (Å²) < 4.78 is 5.55. The largest absolute Gasteiger partial charge is 0.497 e. The van der Waals surface area contributed by atoms with Crippen LogP contribution in [0.1, 0.15) is 25.7 Å². The van der Waals surface area contributed by atoms with Gasteiger partial charge in [0.05, 0.1) is 20.4 Å². The van der Waals surface area contributed by atoms with Crippen LogP contribution in [0.4, 0.5) is 0 Å². The summed E-state index contributed by atoms with van der Waals surface area (Å²) in [6.45, 7) is 7.49. The molecule has 2 nitrogen and oxygen atoms in total. The van der Waals surface area contributed by atoms with Crippen molar-refractivity contribution in [1.82, 2.24) is 0 Å². The van der Waals surface area contributed by atoms with Gasteiger partial charge in [-0.05, 0) is 12.5 Å². The Morgan fingerprint density at radius 2 is 2.18 bits per heavy atom. The molecule has 0 aromatic carbocycles. The van der Waals surface area contributed by atoms with Crippen molar-refractivity contribution in [2.24, 2.45) is 0 Å². The fraction of sp³-hybridized carbons (Fsp3) is 0.571. The van der Waals surface area contributed by atoms with Crippen molar-refractivity contribution in [3.05, 3.63) is 29.3 Å². The van der Waals surface area contributed by atoms with Crippen molar-refractivity contribution in [1.29, 1.82) is 0 Å². The van der Waals surface area contributed by atoms with E-state index in [9.17, 15) is 4.79 Å². The summed E-state index contributed by atoms with van der Waals surface area (Å²) in [7, 11) is -1.12. The fourth-order valence-electron chi connectivity index (χ4n) is 1.52. The number of carbonyl (C=O) groups excluding carboxylic acids is 1. The molecule has 0 N–H and O–H groups in total. The van der Waals surface area contributed by atoms with Crippen LogP contribution in [-0.4, -0.2) is 20.5 Å². The van der Waals surface area contributed by atoms with E-state index < -0.39 is 8.07 Å². The van der Waals surface area contributed by atoms with Gasteiger partial charge in [-0.1, -0.05) is 25.3 Å². The molecule has 0 saturated heterocycles. The van der Waals surface area contributed by atoms with Gasteiger partial charge in [-0.3, -0.25) is 4.79 Å². The highest BCUT2D eigenvalue weighted by Crippen LogP contribution is 2.16.